The van der Waals surface area contributed by atoms with Gasteiger partial charge in [0.05, 0.1) is 19.3 Å². The van der Waals surface area contributed by atoms with E-state index in [1.165, 1.54) is 75.8 Å². The molecule has 2 aromatic rings. The van der Waals surface area contributed by atoms with Crippen LogP contribution in [0.5, 0.6) is 5.75 Å². The highest BCUT2D eigenvalue weighted by molar-refractivity contribution is 5.65. The van der Waals surface area contributed by atoms with Gasteiger partial charge in [0.15, 0.2) is 11.6 Å². The molecule has 3 fully saturated rings. The summed E-state index contributed by atoms with van der Waals surface area (Å²) in [6, 6.07) is 11.3. The molecule has 0 amide bonds. The second kappa shape index (κ2) is 13.4. The van der Waals surface area contributed by atoms with Crippen LogP contribution in [-0.2, 0) is 4.74 Å². The topological polar surface area (TPSA) is 18.5 Å². The Bertz CT molecular complexity index is 1070. The van der Waals surface area contributed by atoms with E-state index in [2.05, 4.69) is 31.2 Å². The zero-order chi connectivity index (χ0) is 27.2. The molecule has 2 saturated carbocycles. The van der Waals surface area contributed by atoms with Gasteiger partial charge >= 0.3 is 0 Å². The summed E-state index contributed by atoms with van der Waals surface area (Å²) in [6.07, 6.45) is 18.6. The average Bonchev–Trinajstić information content (AvgIpc) is 2.99. The SMILES string of the molecule is CC=CC1CCC(C2CCC(C3CCC(c4ccc(-c5ccc(OCCC)c(F)c5F)cc4)CC3)CC2)CO1. The molecule has 1 heterocycles. The van der Waals surface area contributed by atoms with Gasteiger partial charge in [-0.3, -0.25) is 0 Å². The summed E-state index contributed by atoms with van der Waals surface area (Å²) in [5.74, 6) is 2.22. The highest BCUT2D eigenvalue weighted by Crippen LogP contribution is 2.46. The minimum atomic E-state index is -0.900. The summed E-state index contributed by atoms with van der Waals surface area (Å²) < 4.78 is 40.7. The summed E-state index contributed by atoms with van der Waals surface area (Å²) >= 11 is 0. The lowest BCUT2D eigenvalue weighted by atomic mass is 9.66. The van der Waals surface area contributed by atoms with Crippen molar-refractivity contribution in [2.75, 3.05) is 13.2 Å². The van der Waals surface area contributed by atoms with E-state index in [9.17, 15) is 8.78 Å². The highest BCUT2D eigenvalue weighted by Gasteiger charge is 2.35. The van der Waals surface area contributed by atoms with E-state index in [1.54, 1.807) is 6.07 Å². The van der Waals surface area contributed by atoms with Crippen molar-refractivity contribution in [3.8, 4) is 16.9 Å². The van der Waals surface area contributed by atoms with Gasteiger partial charge in [-0.1, -0.05) is 43.3 Å². The van der Waals surface area contributed by atoms with Crippen LogP contribution in [-0.4, -0.2) is 19.3 Å². The summed E-state index contributed by atoms with van der Waals surface area (Å²) in [5, 5.41) is 0. The van der Waals surface area contributed by atoms with Crippen LogP contribution < -0.4 is 4.74 Å². The van der Waals surface area contributed by atoms with Gasteiger partial charge in [-0.05, 0) is 130 Å². The van der Waals surface area contributed by atoms with E-state index in [4.69, 9.17) is 9.47 Å². The minimum absolute atomic E-state index is 0.0128. The van der Waals surface area contributed by atoms with Crippen LogP contribution in [0.4, 0.5) is 8.78 Å². The fourth-order valence-electron chi connectivity index (χ4n) is 7.56. The van der Waals surface area contributed by atoms with Crippen molar-refractivity contribution < 1.29 is 18.3 Å². The lowest BCUT2D eigenvalue weighted by Crippen LogP contribution is -2.33. The first-order valence-electron chi connectivity index (χ1n) is 15.5. The fraction of sp³-hybridized carbons (Fsp3) is 0.600. The van der Waals surface area contributed by atoms with Crippen LogP contribution in [0.1, 0.15) is 96.0 Å². The van der Waals surface area contributed by atoms with Crippen molar-refractivity contribution in [1.82, 2.24) is 0 Å². The molecule has 2 aromatic carbocycles. The van der Waals surface area contributed by atoms with E-state index in [-0.39, 0.29) is 5.75 Å². The summed E-state index contributed by atoms with van der Waals surface area (Å²) in [7, 11) is 0. The number of benzene rings is 2. The molecular weight excluding hydrogens is 490 g/mol. The normalized spacial score (nSPS) is 29.9. The summed E-state index contributed by atoms with van der Waals surface area (Å²) in [5.41, 5.74) is 2.33. The molecule has 1 aliphatic heterocycles. The van der Waals surface area contributed by atoms with Crippen molar-refractivity contribution >= 4 is 0 Å². The third kappa shape index (κ3) is 6.76. The summed E-state index contributed by atoms with van der Waals surface area (Å²) in [4.78, 5) is 0. The Hall–Kier alpha value is -2.20. The van der Waals surface area contributed by atoms with Crippen molar-refractivity contribution in [2.45, 2.75) is 96.5 Å². The van der Waals surface area contributed by atoms with Crippen LogP contribution >= 0.6 is 0 Å². The molecule has 39 heavy (non-hydrogen) atoms. The van der Waals surface area contributed by atoms with Crippen molar-refractivity contribution in [3.05, 3.63) is 65.7 Å². The van der Waals surface area contributed by atoms with Gasteiger partial charge in [0.2, 0.25) is 5.82 Å². The first-order chi connectivity index (χ1) is 19.1. The molecule has 2 aliphatic carbocycles. The largest absolute Gasteiger partial charge is 0.490 e. The molecular formula is C35H46F2O2. The molecule has 212 valence electrons. The second-order valence-corrected chi connectivity index (χ2v) is 12.2. The number of rotatable bonds is 8. The van der Waals surface area contributed by atoms with E-state index in [1.807, 2.05) is 19.1 Å². The molecule has 0 spiro atoms. The molecule has 5 rings (SSSR count). The van der Waals surface area contributed by atoms with Crippen LogP contribution in [0.15, 0.2) is 48.6 Å². The first kappa shape index (κ1) is 28.3. The predicted molar refractivity (Wildman–Crippen MR) is 155 cm³/mol. The van der Waals surface area contributed by atoms with Gasteiger partial charge in [0, 0.05) is 5.56 Å². The van der Waals surface area contributed by atoms with Gasteiger partial charge in [-0.25, -0.2) is 4.39 Å². The second-order valence-electron chi connectivity index (χ2n) is 12.2. The van der Waals surface area contributed by atoms with E-state index in [0.29, 0.717) is 29.8 Å². The van der Waals surface area contributed by atoms with E-state index < -0.39 is 11.6 Å². The predicted octanol–water partition coefficient (Wildman–Crippen LogP) is 9.87. The van der Waals surface area contributed by atoms with Crippen molar-refractivity contribution in [2.24, 2.45) is 23.7 Å². The first-order valence-corrected chi connectivity index (χ1v) is 15.5. The molecule has 2 unspecified atom stereocenters. The van der Waals surface area contributed by atoms with Gasteiger partial charge in [0.25, 0.3) is 0 Å². The van der Waals surface area contributed by atoms with E-state index in [0.717, 1.165) is 36.7 Å². The van der Waals surface area contributed by atoms with E-state index >= 15 is 0 Å². The zero-order valence-electron chi connectivity index (χ0n) is 23.8. The zero-order valence-corrected chi connectivity index (χ0v) is 23.8. The molecule has 4 heteroatoms. The van der Waals surface area contributed by atoms with Gasteiger partial charge in [-0.2, -0.15) is 4.39 Å². The number of allylic oxidation sites excluding steroid dienone is 1. The molecule has 2 nitrogen and oxygen atoms in total. The van der Waals surface area contributed by atoms with Crippen LogP contribution in [0.25, 0.3) is 11.1 Å². The molecule has 0 radical (unpaired) electrons. The van der Waals surface area contributed by atoms with Gasteiger partial charge in [0.1, 0.15) is 0 Å². The third-order valence-electron chi connectivity index (χ3n) is 9.88. The monoisotopic (exact) mass is 536 g/mol. The maximum Gasteiger partial charge on any atom is 0.201 e. The van der Waals surface area contributed by atoms with Crippen LogP contribution in [0, 0.1) is 35.3 Å². The number of hydrogen-bond acceptors (Lipinski definition) is 2. The van der Waals surface area contributed by atoms with Crippen LogP contribution in [0.2, 0.25) is 0 Å². The van der Waals surface area contributed by atoms with Crippen LogP contribution in [0.3, 0.4) is 0 Å². The quantitative estimate of drug-likeness (QED) is 0.313. The molecule has 1 saturated heterocycles. The van der Waals surface area contributed by atoms with Gasteiger partial charge in [-0.15, -0.1) is 0 Å². The Morgan fingerprint density at radius 2 is 1.38 bits per heavy atom. The maximum absolute atomic E-state index is 14.8. The smallest absolute Gasteiger partial charge is 0.201 e. The lowest BCUT2D eigenvalue weighted by molar-refractivity contribution is -0.0190. The fourth-order valence-corrected chi connectivity index (χ4v) is 7.56. The average molecular weight is 537 g/mol. The molecule has 2 atom stereocenters. The Morgan fingerprint density at radius 3 is 1.97 bits per heavy atom. The highest BCUT2D eigenvalue weighted by atomic mass is 19.2. The maximum atomic E-state index is 14.8. The van der Waals surface area contributed by atoms with Gasteiger partial charge < -0.3 is 9.47 Å². The Kier molecular flexibility index (Phi) is 9.76. The number of hydrogen-bond donors (Lipinski definition) is 0. The summed E-state index contributed by atoms with van der Waals surface area (Å²) in [6.45, 7) is 5.35. The lowest BCUT2D eigenvalue weighted by Gasteiger charge is -2.41. The van der Waals surface area contributed by atoms with Crippen molar-refractivity contribution in [1.29, 1.82) is 0 Å². The van der Waals surface area contributed by atoms with Crippen molar-refractivity contribution in [3.63, 3.8) is 0 Å². The molecule has 0 N–H and O–H groups in total. The molecule has 0 aromatic heterocycles. The minimum Gasteiger partial charge on any atom is -0.490 e. The molecule has 3 aliphatic rings. The Balaban J connectivity index is 1.10. The standard InChI is InChI=1S/C35H46F2O2/c1-3-5-31-19-18-30(23-39-31)28-12-10-26(11-13-28)24-6-8-25(9-7-24)27-14-16-29(17-15-27)32-20-21-33(38-22-4-2)35(37)34(32)36/h3,5,14-17,20-21,24-26,28,30-31H,4,6-13,18-19,22-23H2,1-2H3. The number of ether oxygens (including phenoxy) is 2. The number of halogens is 2. The Labute approximate surface area is 234 Å². The third-order valence-corrected chi connectivity index (χ3v) is 9.88. The molecule has 0 bridgehead atoms. The Morgan fingerprint density at radius 1 is 0.769 bits per heavy atom.